The molecule has 1 heterocycles. The molecule has 0 saturated heterocycles. The number of nitrogen functional groups attached to an aromatic ring is 1. The Balaban J connectivity index is 2.37. The molecule has 0 aliphatic heterocycles. The van der Waals surface area contributed by atoms with Gasteiger partial charge in [0, 0.05) is 13.2 Å². The summed E-state index contributed by atoms with van der Waals surface area (Å²) < 4.78 is 6.89. The Kier molecular flexibility index (Phi) is 3.93. The van der Waals surface area contributed by atoms with Gasteiger partial charge >= 0.3 is 11.7 Å². The largest absolute Gasteiger partial charge is 0.465 e. The summed E-state index contributed by atoms with van der Waals surface area (Å²) in [7, 11) is 2.82. The summed E-state index contributed by atoms with van der Waals surface area (Å²) in [5.74, 6) is -0.446. The van der Waals surface area contributed by atoms with Crippen molar-refractivity contribution >= 4 is 11.7 Å². The van der Waals surface area contributed by atoms with Gasteiger partial charge in [-0.05, 0) is 17.7 Å². The van der Waals surface area contributed by atoms with E-state index in [0.29, 0.717) is 11.1 Å². The highest BCUT2D eigenvalue weighted by molar-refractivity contribution is 5.89. The molecule has 0 spiro atoms. The Labute approximate surface area is 120 Å². The molecule has 0 unspecified atom stereocenters. The fourth-order valence-corrected chi connectivity index (χ4v) is 1.94. The van der Waals surface area contributed by atoms with E-state index in [2.05, 4.69) is 4.74 Å². The Morgan fingerprint density at radius 2 is 1.86 bits per heavy atom. The van der Waals surface area contributed by atoms with Gasteiger partial charge in [0.25, 0.3) is 5.56 Å². The van der Waals surface area contributed by atoms with Crippen molar-refractivity contribution in [1.82, 2.24) is 9.13 Å². The number of esters is 1. The van der Waals surface area contributed by atoms with Crippen LogP contribution in [0.3, 0.4) is 0 Å². The Hall–Kier alpha value is -2.83. The predicted octanol–water partition coefficient (Wildman–Crippen LogP) is -0.0359. The standard InChI is InChI=1S/C14H15N3O4/c1-16-8-11(15)12(18)17(14(16)20)7-9-3-5-10(6-4-9)13(19)21-2/h3-6,8H,7,15H2,1-2H3. The van der Waals surface area contributed by atoms with E-state index in [1.807, 2.05) is 0 Å². The summed E-state index contributed by atoms with van der Waals surface area (Å²) in [6, 6.07) is 6.45. The molecule has 1 aromatic heterocycles. The van der Waals surface area contributed by atoms with Gasteiger partial charge in [-0.2, -0.15) is 0 Å². The van der Waals surface area contributed by atoms with Gasteiger partial charge in [-0.25, -0.2) is 9.59 Å². The third kappa shape index (κ3) is 2.86. The summed E-state index contributed by atoms with van der Waals surface area (Å²) in [4.78, 5) is 35.2. The lowest BCUT2D eigenvalue weighted by atomic mass is 10.1. The van der Waals surface area contributed by atoms with E-state index in [-0.39, 0.29) is 12.2 Å². The number of ether oxygens (including phenoxy) is 1. The smallest absolute Gasteiger partial charge is 0.337 e. The highest BCUT2D eigenvalue weighted by Crippen LogP contribution is 2.06. The van der Waals surface area contributed by atoms with E-state index >= 15 is 0 Å². The molecular weight excluding hydrogens is 274 g/mol. The highest BCUT2D eigenvalue weighted by Gasteiger charge is 2.09. The summed E-state index contributed by atoms with van der Waals surface area (Å²) in [5.41, 5.74) is 5.69. The van der Waals surface area contributed by atoms with Gasteiger partial charge in [-0.15, -0.1) is 0 Å². The topological polar surface area (TPSA) is 96.3 Å². The second kappa shape index (κ2) is 5.66. The Morgan fingerprint density at radius 3 is 2.43 bits per heavy atom. The third-order valence-electron chi connectivity index (χ3n) is 3.07. The maximum Gasteiger partial charge on any atom is 0.337 e. The van der Waals surface area contributed by atoms with E-state index in [1.54, 1.807) is 24.3 Å². The molecule has 7 nitrogen and oxygen atoms in total. The fraction of sp³-hybridized carbons (Fsp3) is 0.214. The molecule has 110 valence electrons. The number of hydrogen-bond acceptors (Lipinski definition) is 5. The monoisotopic (exact) mass is 289 g/mol. The van der Waals surface area contributed by atoms with Crippen molar-refractivity contribution in [2.24, 2.45) is 7.05 Å². The molecule has 0 amide bonds. The fourth-order valence-electron chi connectivity index (χ4n) is 1.94. The van der Waals surface area contributed by atoms with Gasteiger partial charge in [-0.1, -0.05) is 12.1 Å². The van der Waals surface area contributed by atoms with E-state index in [4.69, 9.17) is 5.73 Å². The average Bonchev–Trinajstić information content (AvgIpc) is 2.49. The number of benzene rings is 1. The van der Waals surface area contributed by atoms with Crippen molar-refractivity contribution in [3.63, 3.8) is 0 Å². The predicted molar refractivity (Wildman–Crippen MR) is 77.2 cm³/mol. The molecule has 21 heavy (non-hydrogen) atoms. The molecule has 1 aromatic carbocycles. The van der Waals surface area contributed by atoms with Crippen molar-refractivity contribution in [1.29, 1.82) is 0 Å². The molecule has 0 radical (unpaired) electrons. The van der Waals surface area contributed by atoms with Gasteiger partial charge in [0.1, 0.15) is 5.69 Å². The summed E-state index contributed by atoms with van der Waals surface area (Å²) >= 11 is 0. The van der Waals surface area contributed by atoms with Crippen LogP contribution in [0.2, 0.25) is 0 Å². The first-order valence-electron chi connectivity index (χ1n) is 6.17. The molecule has 2 rings (SSSR count). The van der Waals surface area contributed by atoms with Gasteiger partial charge in [0.05, 0.1) is 19.2 Å². The maximum atomic E-state index is 12.0. The lowest BCUT2D eigenvalue weighted by molar-refractivity contribution is 0.0600. The zero-order chi connectivity index (χ0) is 15.6. The number of aryl methyl sites for hydroxylation is 1. The van der Waals surface area contributed by atoms with Crippen molar-refractivity contribution < 1.29 is 9.53 Å². The number of carbonyl (C=O) groups excluding carboxylic acids is 1. The second-order valence-electron chi connectivity index (χ2n) is 4.56. The summed E-state index contributed by atoms with van der Waals surface area (Å²) in [6.07, 6.45) is 1.29. The molecule has 0 atom stereocenters. The van der Waals surface area contributed by atoms with Crippen molar-refractivity contribution in [2.75, 3.05) is 12.8 Å². The van der Waals surface area contributed by atoms with Crippen molar-refractivity contribution in [3.8, 4) is 0 Å². The molecule has 0 bridgehead atoms. The number of anilines is 1. The number of hydrogen-bond donors (Lipinski definition) is 1. The number of carbonyl (C=O) groups is 1. The number of methoxy groups -OCH3 is 1. The lowest BCUT2D eigenvalue weighted by Crippen LogP contribution is -2.39. The van der Waals surface area contributed by atoms with E-state index in [0.717, 1.165) is 4.57 Å². The number of nitrogens with zero attached hydrogens (tertiary/aromatic N) is 2. The van der Waals surface area contributed by atoms with Crippen molar-refractivity contribution in [3.05, 3.63) is 62.4 Å². The van der Waals surface area contributed by atoms with E-state index < -0.39 is 17.2 Å². The lowest BCUT2D eigenvalue weighted by Gasteiger charge is -2.08. The molecule has 0 aliphatic carbocycles. The maximum absolute atomic E-state index is 12.0. The Bertz CT molecular complexity index is 753. The molecule has 0 fully saturated rings. The molecule has 2 N–H and O–H groups in total. The van der Waals surface area contributed by atoms with Crippen LogP contribution in [0.1, 0.15) is 15.9 Å². The minimum Gasteiger partial charge on any atom is -0.465 e. The first-order valence-corrected chi connectivity index (χ1v) is 6.17. The zero-order valence-corrected chi connectivity index (χ0v) is 11.7. The summed E-state index contributed by atoms with van der Waals surface area (Å²) in [6.45, 7) is 0.0813. The minimum atomic E-state index is -0.532. The number of aromatic nitrogens is 2. The van der Waals surface area contributed by atoms with Crippen LogP contribution in [-0.4, -0.2) is 22.2 Å². The highest BCUT2D eigenvalue weighted by atomic mass is 16.5. The van der Waals surface area contributed by atoms with Crippen molar-refractivity contribution in [2.45, 2.75) is 6.54 Å². The first-order chi connectivity index (χ1) is 9.93. The molecular formula is C14H15N3O4. The quantitative estimate of drug-likeness (QED) is 0.800. The van der Waals surface area contributed by atoms with E-state index in [1.165, 1.54) is 24.9 Å². The molecule has 0 aliphatic rings. The Morgan fingerprint density at radius 1 is 1.24 bits per heavy atom. The first kappa shape index (κ1) is 14.6. The molecule has 0 saturated carbocycles. The SMILES string of the molecule is COC(=O)c1ccc(Cn2c(=O)c(N)cn(C)c2=O)cc1. The van der Waals surface area contributed by atoms with Crippen LogP contribution in [0.4, 0.5) is 5.69 Å². The average molecular weight is 289 g/mol. The van der Waals surface area contributed by atoms with Crippen LogP contribution < -0.4 is 17.0 Å². The number of rotatable bonds is 3. The van der Waals surface area contributed by atoms with Gasteiger partial charge in [0.2, 0.25) is 0 Å². The van der Waals surface area contributed by atoms with Gasteiger partial charge in [0.15, 0.2) is 0 Å². The van der Waals surface area contributed by atoms with Crippen LogP contribution in [-0.2, 0) is 18.3 Å². The van der Waals surface area contributed by atoms with Crippen LogP contribution in [0, 0.1) is 0 Å². The van der Waals surface area contributed by atoms with Crippen LogP contribution in [0.15, 0.2) is 40.1 Å². The summed E-state index contributed by atoms with van der Waals surface area (Å²) in [5, 5.41) is 0. The van der Waals surface area contributed by atoms with Gasteiger partial charge in [-0.3, -0.25) is 9.36 Å². The van der Waals surface area contributed by atoms with Crippen LogP contribution in [0.5, 0.6) is 0 Å². The molecule has 7 heteroatoms. The third-order valence-corrected chi connectivity index (χ3v) is 3.07. The minimum absolute atomic E-state index is 0.00304. The van der Waals surface area contributed by atoms with Crippen LogP contribution >= 0.6 is 0 Å². The van der Waals surface area contributed by atoms with Crippen LogP contribution in [0.25, 0.3) is 0 Å². The van der Waals surface area contributed by atoms with E-state index in [9.17, 15) is 14.4 Å². The van der Waals surface area contributed by atoms with Gasteiger partial charge < -0.3 is 15.0 Å². The zero-order valence-electron chi connectivity index (χ0n) is 11.7. The second-order valence-corrected chi connectivity index (χ2v) is 4.56. The molecule has 2 aromatic rings. The number of nitrogens with two attached hydrogens (primary N) is 1. The normalized spacial score (nSPS) is 10.4.